The number of thiazole rings is 1. The smallest absolute Gasteiger partial charge is 0.350 e. The predicted molar refractivity (Wildman–Crippen MR) is 71.8 cm³/mol. The highest BCUT2D eigenvalue weighted by atomic mass is 32.1. The standard InChI is InChI=1S/C12H18N2O4S/c1-7-4-14(5-9(6-15)18-7)12-13-8(2)10(19-12)11(16)17-3/h7,9,15H,4-6H2,1-3H3. The van der Waals surface area contributed by atoms with Crippen LogP contribution in [0.15, 0.2) is 0 Å². The molecule has 19 heavy (non-hydrogen) atoms. The van der Waals surface area contributed by atoms with Crippen LogP contribution in [0.25, 0.3) is 0 Å². The quantitative estimate of drug-likeness (QED) is 0.830. The molecule has 0 aliphatic carbocycles. The van der Waals surface area contributed by atoms with Gasteiger partial charge in [0.05, 0.1) is 31.6 Å². The average molecular weight is 286 g/mol. The third-order valence-electron chi connectivity index (χ3n) is 2.96. The minimum Gasteiger partial charge on any atom is -0.465 e. The van der Waals surface area contributed by atoms with E-state index in [2.05, 4.69) is 4.98 Å². The predicted octanol–water partition coefficient (Wildman–Crippen LogP) is 0.824. The molecule has 7 heteroatoms. The Balaban J connectivity index is 2.19. The number of hydrogen-bond acceptors (Lipinski definition) is 7. The summed E-state index contributed by atoms with van der Waals surface area (Å²) < 4.78 is 10.3. The van der Waals surface area contributed by atoms with Gasteiger partial charge in [-0.2, -0.15) is 0 Å². The summed E-state index contributed by atoms with van der Waals surface area (Å²) >= 11 is 1.32. The first-order valence-corrected chi connectivity index (χ1v) is 6.93. The van der Waals surface area contributed by atoms with E-state index in [-0.39, 0.29) is 24.8 Å². The normalized spacial score (nSPS) is 23.5. The number of aromatic nitrogens is 1. The molecule has 1 fully saturated rings. The van der Waals surface area contributed by atoms with E-state index in [1.165, 1.54) is 18.4 Å². The number of ether oxygens (including phenoxy) is 2. The molecule has 2 atom stereocenters. The van der Waals surface area contributed by atoms with E-state index in [4.69, 9.17) is 9.47 Å². The lowest BCUT2D eigenvalue weighted by molar-refractivity contribution is -0.0421. The zero-order valence-corrected chi connectivity index (χ0v) is 12.1. The van der Waals surface area contributed by atoms with Gasteiger partial charge in [0.2, 0.25) is 0 Å². The number of esters is 1. The molecule has 106 valence electrons. The van der Waals surface area contributed by atoms with Crippen LogP contribution in [0, 0.1) is 6.92 Å². The molecular formula is C12H18N2O4S. The van der Waals surface area contributed by atoms with Crippen molar-refractivity contribution in [1.29, 1.82) is 0 Å². The minimum atomic E-state index is -0.360. The maximum absolute atomic E-state index is 11.6. The van der Waals surface area contributed by atoms with Crippen LogP contribution in [0.5, 0.6) is 0 Å². The van der Waals surface area contributed by atoms with Gasteiger partial charge in [0.1, 0.15) is 4.88 Å². The van der Waals surface area contributed by atoms with Gasteiger partial charge in [-0.15, -0.1) is 0 Å². The first-order chi connectivity index (χ1) is 9.05. The molecule has 1 aliphatic rings. The van der Waals surface area contributed by atoms with E-state index >= 15 is 0 Å². The van der Waals surface area contributed by atoms with Crippen molar-refractivity contribution in [3.63, 3.8) is 0 Å². The maximum Gasteiger partial charge on any atom is 0.350 e. The monoisotopic (exact) mass is 286 g/mol. The molecule has 2 heterocycles. The number of rotatable bonds is 3. The topological polar surface area (TPSA) is 71.9 Å². The van der Waals surface area contributed by atoms with Crippen molar-refractivity contribution in [2.75, 3.05) is 31.7 Å². The zero-order valence-electron chi connectivity index (χ0n) is 11.3. The molecule has 1 saturated heterocycles. The van der Waals surface area contributed by atoms with Crippen LogP contribution in [0.1, 0.15) is 22.3 Å². The molecule has 1 N–H and O–H groups in total. The number of carbonyl (C=O) groups is 1. The average Bonchev–Trinajstić information content (AvgIpc) is 2.79. The van der Waals surface area contributed by atoms with E-state index in [1.54, 1.807) is 6.92 Å². The van der Waals surface area contributed by atoms with Crippen molar-refractivity contribution in [2.24, 2.45) is 0 Å². The summed E-state index contributed by atoms with van der Waals surface area (Å²) in [6.45, 7) is 5.00. The van der Waals surface area contributed by atoms with Crippen molar-refractivity contribution in [2.45, 2.75) is 26.1 Å². The van der Waals surface area contributed by atoms with E-state index in [9.17, 15) is 9.90 Å². The first kappa shape index (κ1) is 14.2. The highest BCUT2D eigenvalue weighted by Crippen LogP contribution is 2.28. The summed E-state index contributed by atoms with van der Waals surface area (Å²) in [6, 6.07) is 0. The Kier molecular flexibility index (Phi) is 4.38. The third-order valence-corrected chi connectivity index (χ3v) is 4.15. The van der Waals surface area contributed by atoms with Crippen LogP contribution in [0.2, 0.25) is 0 Å². The molecule has 0 radical (unpaired) electrons. The van der Waals surface area contributed by atoms with E-state index in [1.807, 2.05) is 11.8 Å². The van der Waals surface area contributed by atoms with E-state index < -0.39 is 0 Å². The van der Waals surface area contributed by atoms with Gasteiger partial charge >= 0.3 is 5.97 Å². The molecule has 0 amide bonds. The van der Waals surface area contributed by atoms with Crippen LogP contribution in [-0.2, 0) is 9.47 Å². The SMILES string of the molecule is COC(=O)c1sc(N2CC(C)OC(CO)C2)nc1C. The second-order valence-corrected chi connectivity index (χ2v) is 5.54. The fourth-order valence-corrected chi connectivity index (χ4v) is 3.11. The van der Waals surface area contributed by atoms with Gasteiger partial charge < -0.3 is 19.5 Å². The van der Waals surface area contributed by atoms with E-state index in [0.29, 0.717) is 23.7 Å². The summed E-state index contributed by atoms with van der Waals surface area (Å²) in [5.74, 6) is -0.360. The van der Waals surface area contributed by atoms with E-state index in [0.717, 1.165) is 5.13 Å². The molecule has 0 aromatic carbocycles. The number of morpholine rings is 1. The Labute approximate surface area is 116 Å². The van der Waals surface area contributed by atoms with Gasteiger partial charge in [-0.05, 0) is 13.8 Å². The van der Waals surface area contributed by atoms with Crippen molar-refractivity contribution in [3.05, 3.63) is 10.6 Å². The first-order valence-electron chi connectivity index (χ1n) is 6.12. The second-order valence-electron chi connectivity index (χ2n) is 4.56. The van der Waals surface area contributed by atoms with Gasteiger partial charge in [0.15, 0.2) is 5.13 Å². The van der Waals surface area contributed by atoms with Crippen molar-refractivity contribution >= 4 is 22.4 Å². The van der Waals surface area contributed by atoms with Crippen molar-refractivity contribution in [3.8, 4) is 0 Å². The zero-order chi connectivity index (χ0) is 14.0. The lowest BCUT2D eigenvalue weighted by Crippen LogP contribution is -2.48. The summed E-state index contributed by atoms with van der Waals surface area (Å²) in [5.41, 5.74) is 0.673. The molecule has 1 aromatic heterocycles. The van der Waals surface area contributed by atoms with Crippen LogP contribution in [0.3, 0.4) is 0 Å². The largest absolute Gasteiger partial charge is 0.465 e. The molecule has 0 spiro atoms. The lowest BCUT2D eigenvalue weighted by atomic mass is 10.2. The molecule has 0 bridgehead atoms. The molecule has 2 rings (SSSR count). The summed E-state index contributed by atoms with van der Waals surface area (Å²) in [5, 5.41) is 9.99. The Morgan fingerprint density at radius 1 is 1.63 bits per heavy atom. The third kappa shape index (κ3) is 3.05. The lowest BCUT2D eigenvalue weighted by Gasteiger charge is -2.35. The Bertz CT molecular complexity index is 463. The van der Waals surface area contributed by atoms with Crippen LogP contribution in [-0.4, -0.2) is 55.1 Å². The number of methoxy groups -OCH3 is 1. The highest BCUT2D eigenvalue weighted by molar-refractivity contribution is 7.17. The van der Waals surface area contributed by atoms with Gasteiger partial charge in [-0.1, -0.05) is 11.3 Å². The summed E-state index contributed by atoms with van der Waals surface area (Å²) in [7, 11) is 1.36. The molecule has 2 unspecified atom stereocenters. The molecular weight excluding hydrogens is 268 g/mol. The van der Waals surface area contributed by atoms with Gasteiger partial charge in [-0.25, -0.2) is 9.78 Å². The molecule has 6 nitrogen and oxygen atoms in total. The summed E-state index contributed by atoms with van der Waals surface area (Å²) in [6.07, 6.45) is -0.189. The number of anilines is 1. The number of hydrogen-bond donors (Lipinski definition) is 1. The number of carbonyl (C=O) groups excluding carboxylic acids is 1. The van der Waals surface area contributed by atoms with Crippen molar-refractivity contribution < 1.29 is 19.4 Å². The molecule has 1 aliphatic heterocycles. The number of aliphatic hydroxyl groups excluding tert-OH is 1. The van der Waals surface area contributed by atoms with Crippen LogP contribution < -0.4 is 4.90 Å². The van der Waals surface area contributed by atoms with Gasteiger partial charge in [-0.3, -0.25) is 0 Å². The number of nitrogens with zero attached hydrogens (tertiary/aromatic N) is 2. The van der Waals surface area contributed by atoms with Crippen LogP contribution >= 0.6 is 11.3 Å². The van der Waals surface area contributed by atoms with Gasteiger partial charge in [0.25, 0.3) is 0 Å². The Hall–Kier alpha value is -1.18. The fourth-order valence-electron chi connectivity index (χ4n) is 2.10. The maximum atomic E-state index is 11.6. The fraction of sp³-hybridized carbons (Fsp3) is 0.667. The molecule has 1 aromatic rings. The minimum absolute atomic E-state index is 0.0188. The Morgan fingerprint density at radius 3 is 3.00 bits per heavy atom. The Morgan fingerprint density at radius 2 is 2.37 bits per heavy atom. The number of aryl methyl sites for hydroxylation is 1. The molecule has 0 saturated carbocycles. The second kappa shape index (κ2) is 5.85. The van der Waals surface area contributed by atoms with Crippen LogP contribution in [0.4, 0.5) is 5.13 Å². The highest BCUT2D eigenvalue weighted by Gasteiger charge is 2.28. The summed E-state index contributed by atoms with van der Waals surface area (Å²) in [4.78, 5) is 18.6. The van der Waals surface area contributed by atoms with Gasteiger partial charge in [0, 0.05) is 13.1 Å². The number of aliphatic hydroxyl groups is 1. The van der Waals surface area contributed by atoms with Crippen molar-refractivity contribution in [1.82, 2.24) is 4.98 Å².